The number of aryl methyl sites for hydroxylation is 1. The van der Waals surface area contributed by atoms with Crippen LogP contribution >= 0.6 is 0 Å². The van der Waals surface area contributed by atoms with Gasteiger partial charge in [-0.3, -0.25) is 9.59 Å². The number of nitrogens with zero attached hydrogens (tertiary/aromatic N) is 2. The quantitative estimate of drug-likeness (QED) is 0.477. The average Bonchev–Trinajstić information content (AvgIpc) is 2.80. The van der Waals surface area contributed by atoms with Crippen molar-refractivity contribution < 1.29 is 22.7 Å². The molecular formula is C23H21F3N4O3. The fourth-order valence-electron chi connectivity index (χ4n) is 2.90. The molecular weight excluding hydrogens is 437 g/mol. The minimum Gasteiger partial charge on any atom is -0.490 e. The zero-order valence-electron chi connectivity index (χ0n) is 17.5. The van der Waals surface area contributed by atoms with Crippen molar-refractivity contribution in [3.63, 3.8) is 0 Å². The predicted octanol–water partition coefficient (Wildman–Crippen LogP) is 3.66. The fourth-order valence-corrected chi connectivity index (χ4v) is 2.90. The van der Waals surface area contributed by atoms with Crippen LogP contribution in [0, 0.1) is 0 Å². The summed E-state index contributed by atoms with van der Waals surface area (Å²) in [7, 11) is 0. The Kier molecular flexibility index (Phi) is 7.60. The standard InChI is InChI=1S/C23H21F3N4O3/c1-2-12-33-18-8-6-16(7-9-18)21-28-22(32)19(29-30-21)10-11-20(31)27-14-15-4-3-5-17(13-15)23(24,25)26/h2-9,13H,1,10-12,14H2,(H,27,31)(H,28,30,32). The molecule has 3 aromatic rings. The first-order valence-electron chi connectivity index (χ1n) is 9.99. The molecule has 10 heteroatoms. The highest BCUT2D eigenvalue weighted by molar-refractivity contribution is 5.76. The Labute approximate surface area is 187 Å². The molecule has 1 heterocycles. The third kappa shape index (κ3) is 6.76. The van der Waals surface area contributed by atoms with Crippen LogP contribution in [0.3, 0.4) is 0 Å². The summed E-state index contributed by atoms with van der Waals surface area (Å²) in [6, 6.07) is 11.6. The lowest BCUT2D eigenvalue weighted by Crippen LogP contribution is -2.25. The number of nitrogens with one attached hydrogen (secondary N) is 2. The number of aromatic nitrogens is 3. The number of amides is 1. The summed E-state index contributed by atoms with van der Waals surface area (Å²) in [5.74, 6) is 0.488. The highest BCUT2D eigenvalue weighted by Gasteiger charge is 2.30. The molecule has 0 spiro atoms. The second kappa shape index (κ2) is 10.6. The molecule has 0 atom stereocenters. The van der Waals surface area contributed by atoms with E-state index in [4.69, 9.17) is 4.74 Å². The molecule has 0 aliphatic rings. The molecule has 0 fully saturated rings. The first-order valence-corrected chi connectivity index (χ1v) is 9.99. The molecule has 0 saturated heterocycles. The molecule has 7 nitrogen and oxygen atoms in total. The van der Waals surface area contributed by atoms with E-state index in [0.717, 1.165) is 12.1 Å². The Bertz CT molecular complexity index is 1170. The van der Waals surface area contributed by atoms with Crippen molar-refractivity contribution in [1.82, 2.24) is 20.5 Å². The lowest BCUT2D eigenvalue weighted by molar-refractivity contribution is -0.137. The molecule has 2 aromatic carbocycles. The van der Waals surface area contributed by atoms with Gasteiger partial charge in [0.2, 0.25) is 5.91 Å². The van der Waals surface area contributed by atoms with Crippen LogP contribution in [0.1, 0.15) is 23.2 Å². The number of carbonyl (C=O) groups excluding carboxylic acids is 1. The van der Waals surface area contributed by atoms with Gasteiger partial charge in [-0.15, -0.1) is 10.2 Å². The summed E-state index contributed by atoms with van der Waals surface area (Å²) in [6.07, 6.45) is -2.86. The molecule has 0 radical (unpaired) electrons. The highest BCUT2D eigenvalue weighted by atomic mass is 19.4. The number of carbonyl (C=O) groups is 1. The smallest absolute Gasteiger partial charge is 0.416 e. The Balaban J connectivity index is 1.55. The van der Waals surface area contributed by atoms with Gasteiger partial charge in [-0.2, -0.15) is 13.2 Å². The normalized spacial score (nSPS) is 11.1. The minimum absolute atomic E-state index is 0.0331. The van der Waals surface area contributed by atoms with Gasteiger partial charge >= 0.3 is 6.18 Å². The van der Waals surface area contributed by atoms with Gasteiger partial charge < -0.3 is 15.0 Å². The summed E-state index contributed by atoms with van der Waals surface area (Å²) >= 11 is 0. The van der Waals surface area contributed by atoms with Gasteiger partial charge in [0.25, 0.3) is 5.56 Å². The van der Waals surface area contributed by atoms with Gasteiger partial charge in [0.15, 0.2) is 5.82 Å². The van der Waals surface area contributed by atoms with E-state index in [2.05, 4.69) is 27.1 Å². The van der Waals surface area contributed by atoms with E-state index in [1.807, 2.05) is 0 Å². The van der Waals surface area contributed by atoms with E-state index in [1.54, 1.807) is 30.3 Å². The summed E-state index contributed by atoms with van der Waals surface area (Å²) in [5.41, 5.74) is -0.219. The van der Waals surface area contributed by atoms with Crippen LogP contribution in [-0.2, 0) is 23.9 Å². The van der Waals surface area contributed by atoms with Gasteiger partial charge in [-0.05, 0) is 42.0 Å². The summed E-state index contributed by atoms with van der Waals surface area (Å²) in [5, 5.41) is 10.5. The maximum Gasteiger partial charge on any atom is 0.416 e. The second-order valence-corrected chi connectivity index (χ2v) is 7.05. The molecule has 2 N–H and O–H groups in total. The number of rotatable bonds is 9. The lowest BCUT2D eigenvalue weighted by atomic mass is 10.1. The Morgan fingerprint density at radius 1 is 1.15 bits per heavy atom. The minimum atomic E-state index is -4.45. The molecule has 0 unspecified atom stereocenters. The number of halogens is 3. The number of hydrogen-bond donors (Lipinski definition) is 2. The van der Waals surface area contributed by atoms with Crippen LogP contribution in [0.2, 0.25) is 0 Å². The second-order valence-electron chi connectivity index (χ2n) is 7.05. The van der Waals surface area contributed by atoms with Crippen molar-refractivity contribution in [2.75, 3.05) is 6.61 Å². The van der Waals surface area contributed by atoms with Crippen molar-refractivity contribution >= 4 is 5.91 Å². The van der Waals surface area contributed by atoms with E-state index < -0.39 is 23.2 Å². The first-order chi connectivity index (χ1) is 15.8. The van der Waals surface area contributed by atoms with E-state index >= 15 is 0 Å². The van der Waals surface area contributed by atoms with Crippen LogP contribution < -0.4 is 15.6 Å². The van der Waals surface area contributed by atoms with Crippen molar-refractivity contribution in [2.45, 2.75) is 25.6 Å². The summed E-state index contributed by atoms with van der Waals surface area (Å²) < 4.78 is 43.7. The summed E-state index contributed by atoms with van der Waals surface area (Å²) in [6.45, 7) is 3.89. The molecule has 1 amide bonds. The number of hydrogen-bond acceptors (Lipinski definition) is 5. The van der Waals surface area contributed by atoms with E-state index in [0.29, 0.717) is 23.5 Å². The van der Waals surface area contributed by atoms with Crippen LogP contribution in [0.4, 0.5) is 13.2 Å². The zero-order chi connectivity index (χ0) is 23.8. The molecule has 0 aliphatic heterocycles. The van der Waals surface area contributed by atoms with Gasteiger partial charge in [0, 0.05) is 24.9 Å². The highest BCUT2D eigenvalue weighted by Crippen LogP contribution is 2.29. The summed E-state index contributed by atoms with van der Waals surface area (Å²) in [4.78, 5) is 27.0. The fraction of sp³-hybridized carbons (Fsp3) is 0.217. The van der Waals surface area contributed by atoms with Crippen molar-refractivity contribution in [3.8, 4) is 17.1 Å². The van der Waals surface area contributed by atoms with Gasteiger partial charge in [0.05, 0.1) is 5.56 Å². The molecule has 1 aromatic heterocycles. The van der Waals surface area contributed by atoms with Crippen LogP contribution in [0.25, 0.3) is 11.4 Å². The zero-order valence-corrected chi connectivity index (χ0v) is 17.5. The molecule has 33 heavy (non-hydrogen) atoms. The molecule has 0 aliphatic carbocycles. The number of benzene rings is 2. The molecule has 0 bridgehead atoms. The maximum absolute atomic E-state index is 12.8. The van der Waals surface area contributed by atoms with Crippen molar-refractivity contribution in [2.24, 2.45) is 0 Å². The Morgan fingerprint density at radius 3 is 2.58 bits per heavy atom. The van der Waals surface area contributed by atoms with Crippen LogP contribution in [0.5, 0.6) is 5.75 Å². The van der Waals surface area contributed by atoms with Crippen molar-refractivity contribution in [1.29, 1.82) is 0 Å². The SMILES string of the molecule is C=CCOc1ccc(-c2nnc(CCC(=O)NCc3cccc(C(F)(F)F)c3)c(=O)[nH]2)cc1. The molecule has 0 saturated carbocycles. The third-order valence-electron chi connectivity index (χ3n) is 4.59. The number of aromatic amines is 1. The topological polar surface area (TPSA) is 97.0 Å². The van der Waals surface area contributed by atoms with Gasteiger partial charge in [0.1, 0.15) is 18.1 Å². The van der Waals surface area contributed by atoms with Crippen LogP contribution in [0.15, 0.2) is 66.0 Å². The van der Waals surface area contributed by atoms with E-state index in [1.165, 1.54) is 12.1 Å². The Morgan fingerprint density at radius 2 is 1.91 bits per heavy atom. The Hall–Kier alpha value is -3.95. The van der Waals surface area contributed by atoms with Crippen molar-refractivity contribution in [3.05, 3.63) is 88.4 Å². The average molecular weight is 458 g/mol. The molecule has 172 valence electrons. The maximum atomic E-state index is 12.8. The third-order valence-corrected chi connectivity index (χ3v) is 4.59. The largest absolute Gasteiger partial charge is 0.490 e. The lowest BCUT2D eigenvalue weighted by Gasteiger charge is -2.09. The van der Waals surface area contributed by atoms with E-state index in [-0.39, 0.29) is 30.9 Å². The number of alkyl halides is 3. The van der Waals surface area contributed by atoms with Crippen LogP contribution in [-0.4, -0.2) is 27.7 Å². The first kappa shape index (κ1) is 23.7. The number of ether oxygens (including phenoxy) is 1. The number of H-pyrrole nitrogens is 1. The molecule has 3 rings (SSSR count). The van der Waals surface area contributed by atoms with Gasteiger partial charge in [-0.1, -0.05) is 24.8 Å². The predicted molar refractivity (Wildman–Crippen MR) is 115 cm³/mol. The van der Waals surface area contributed by atoms with Gasteiger partial charge in [-0.25, -0.2) is 0 Å². The van der Waals surface area contributed by atoms with E-state index in [9.17, 15) is 22.8 Å². The monoisotopic (exact) mass is 458 g/mol.